The maximum Gasteiger partial charge on any atom is 0.315 e. The molecule has 72 valence electrons. The number of hydrogen-bond acceptors (Lipinski definition) is 4. The maximum absolute atomic E-state index is 10.7. The molecule has 0 radical (unpaired) electrons. The van der Waals surface area contributed by atoms with Gasteiger partial charge >= 0.3 is 5.97 Å². The largest absolute Gasteiger partial charge is 0.468 e. The Kier molecular flexibility index (Phi) is 6.20. The number of ether oxygens (including phenoxy) is 1. The predicted molar refractivity (Wildman–Crippen MR) is 52.2 cm³/mol. The van der Waals surface area contributed by atoms with Gasteiger partial charge in [-0.3, -0.25) is 4.79 Å². The molecule has 0 bridgehead atoms. The lowest BCUT2D eigenvalue weighted by molar-refractivity contribution is -0.137. The fourth-order valence-corrected chi connectivity index (χ4v) is 1.59. The second-order valence-electron chi connectivity index (χ2n) is 3.00. The highest BCUT2D eigenvalue weighted by Gasteiger charge is 2.08. The van der Waals surface area contributed by atoms with Crippen molar-refractivity contribution in [2.45, 2.75) is 19.9 Å². The van der Waals surface area contributed by atoms with Gasteiger partial charge in [-0.1, -0.05) is 13.8 Å². The van der Waals surface area contributed by atoms with Crippen LogP contribution in [-0.4, -0.2) is 30.6 Å². The molecule has 0 aliphatic rings. The molecule has 0 heterocycles. The van der Waals surface area contributed by atoms with Crippen LogP contribution in [0.15, 0.2) is 0 Å². The van der Waals surface area contributed by atoms with Gasteiger partial charge in [-0.05, 0) is 5.92 Å². The standard InChI is InChI=1S/C8H17NO2S/c1-6(2)7(9)4-12-5-8(10)11-3/h6-7H,4-5,9H2,1-3H3. The molecule has 0 saturated heterocycles. The molecule has 3 nitrogen and oxygen atoms in total. The summed E-state index contributed by atoms with van der Waals surface area (Å²) in [5, 5.41) is 0. The van der Waals surface area contributed by atoms with E-state index < -0.39 is 0 Å². The van der Waals surface area contributed by atoms with Crippen molar-refractivity contribution in [2.24, 2.45) is 11.7 Å². The maximum atomic E-state index is 10.7. The van der Waals surface area contributed by atoms with E-state index in [0.717, 1.165) is 5.75 Å². The molecular formula is C8H17NO2S. The summed E-state index contributed by atoms with van der Waals surface area (Å²) >= 11 is 1.52. The SMILES string of the molecule is COC(=O)CSCC(N)C(C)C. The number of methoxy groups -OCH3 is 1. The van der Waals surface area contributed by atoms with Crippen LogP contribution in [0.2, 0.25) is 0 Å². The van der Waals surface area contributed by atoms with Gasteiger partial charge in [0.05, 0.1) is 12.9 Å². The molecule has 0 spiro atoms. The summed E-state index contributed by atoms with van der Waals surface area (Å²) in [7, 11) is 1.39. The summed E-state index contributed by atoms with van der Waals surface area (Å²) in [6.45, 7) is 4.15. The second kappa shape index (κ2) is 6.31. The molecule has 0 aliphatic heterocycles. The van der Waals surface area contributed by atoms with E-state index >= 15 is 0 Å². The van der Waals surface area contributed by atoms with Gasteiger partial charge in [0.15, 0.2) is 0 Å². The minimum absolute atomic E-state index is 0.166. The molecule has 1 unspecified atom stereocenters. The van der Waals surface area contributed by atoms with Gasteiger partial charge in [-0.2, -0.15) is 0 Å². The Morgan fingerprint density at radius 3 is 2.58 bits per heavy atom. The lowest BCUT2D eigenvalue weighted by Crippen LogP contribution is -2.29. The van der Waals surface area contributed by atoms with Crippen LogP contribution in [0.3, 0.4) is 0 Å². The zero-order valence-corrected chi connectivity index (χ0v) is 8.69. The summed E-state index contributed by atoms with van der Waals surface area (Å²) in [4.78, 5) is 10.7. The summed E-state index contributed by atoms with van der Waals surface area (Å²) in [6.07, 6.45) is 0. The predicted octanol–water partition coefficient (Wildman–Crippen LogP) is 0.876. The molecule has 0 aromatic carbocycles. The van der Waals surface area contributed by atoms with Crippen molar-refractivity contribution in [3.05, 3.63) is 0 Å². The van der Waals surface area contributed by atoms with Crippen LogP contribution in [0.1, 0.15) is 13.8 Å². The molecule has 4 heteroatoms. The monoisotopic (exact) mass is 191 g/mol. The summed E-state index contributed by atoms with van der Waals surface area (Å²) < 4.78 is 4.49. The third-order valence-electron chi connectivity index (χ3n) is 1.61. The fraction of sp³-hybridized carbons (Fsp3) is 0.875. The molecule has 0 fully saturated rings. The Bertz CT molecular complexity index is 139. The van der Waals surface area contributed by atoms with Crippen molar-refractivity contribution < 1.29 is 9.53 Å². The first kappa shape index (κ1) is 11.8. The average molecular weight is 191 g/mol. The van der Waals surface area contributed by atoms with Gasteiger partial charge in [0.1, 0.15) is 0 Å². The fourth-order valence-electron chi connectivity index (χ4n) is 0.530. The van der Waals surface area contributed by atoms with E-state index in [1.165, 1.54) is 18.9 Å². The van der Waals surface area contributed by atoms with E-state index in [-0.39, 0.29) is 12.0 Å². The Morgan fingerprint density at radius 2 is 2.17 bits per heavy atom. The van der Waals surface area contributed by atoms with Crippen molar-refractivity contribution in [1.82, 2.24) is 0 Å². The second-order valence-corrected chi connectivity index (χ2v) is 4.03. The van der Waals surface area contributed by atoms with E-state index in [2.05, 4.69) is 18.6 Å². The lowest BCUT2D eigenvalue weighted by atomic mass is 10.1. The lowest BCUT2D eigenvalue weighted by Gasteiger charge is -2.13. The van der Waals surface area contributed by atoms with E-state index in [4.69, 9.17) is 5.73 Å². The first-order chi connectivity index (χ1) is 5.57. The zero-order valence-electron chi connectivity index (χ0n) is 7.87. The van der Waals surface area contributed by atoms with Gasteiger partial charge < -0.3 is 10.5 Å². The highest BCUT2D eigenvalue weighted by Crippen LogP contribution is 2.07. The van der Waals surface area contributed by atoms with Crippen molar-refractivity contribution in [2.75, 3.05) is 18.6 Å². The molecular weight excluding hydrogens is 174 g/mol. The molecule has 0 amide bonds. The number of esters is 1. The zero-order chi connectivity index (χ0) is 9.56. The molecule has 0 saturated carbocycles. The number of nitrogens with two attached hydrogens (primary N) is 1. The topological polar surface area (TPSA) is 52.3 Å². The summed E-state index contributed by atoms with van der Waals surface area (Å²) in [5.41, 5.74) is 5.77. The van der Waals surface area contributed by atoms with Crippen LogP contribution in [0.25, 0.3) is 0 Å². The van der Waals surface area contributed by atoms with Crippen molar-refractivity contribution in [1.29, 1.82) is 0 Å². The highest BCUT2D eigenvalue weighted by atomic mass is 32.2. The van der Waals surface area contributed by atoms with Crippen molar-refractivity contribution in [3.63, 3.8) is 0 Å². The highest BCUT2D eigenvalue weighted by molar-refractivity contribution is 7.99. The van der Waals surface area contributed by atoms with Crippen LogP contribution in [0, 0.1) is 5.92 Å². The first-order valence-electron chi connectivity index (χ1n) is 3.98. The number of carbonyl (C=O) groups is 1. The van der Waals surface area contributed by atoms with Crippen LogP contribution in [0.4, 0.5) is 0 Å². The van der Waals surface area contributed by atoms with Gasteiger partial charge in [-0.25, -0.2) is 0 Å². The minimum Gasteiger partial charge on any atom is -0.468 e. The molecule has 12 heavy (non-hydrogen) atoms. The smallest absolute Gasteiger partial charge is 0.315 e. The molecule has 2 N–H and O–H groups in total. The third kappa shape index (κ3) is 5.43. The first-order valence-corrected chi connectivity index (χ1v) is 5.13. The van der Waals surface area contributed by atoms with Crippen LogP contribution in [0.5, 0.6) is 0 Å². The normalized spacial score (nSPS) is 13.1. The van der Waals surface area contributed by atoms with Crippen LogP contribution in [-0.2, 0) is 9.53 Å². The number of carbonyl (C=O) groups excluding carboxylic acids is 1. The Hall–Kier alpha value is -0.220. The van der Waals surface area contributed by atoms with Crippen LogP contribution >= 0.6 is 11.8 Å². The van der Waals surface area contributed by atoms with E-state index in [9.17, 15) is 4.79 Å². The number of thioether (sulfide) groups is 1. The Labute approximate surface area is 78.0 Å². The number of rotatable bonds is 5. The number of hydrogen-bond donors (Lipinski definition) is 1. The molecule has 0 aromatic rings. The molecule has 1 atom stereocenters. The van der Waals surface area contributed by atoms with Gasteiger partial charge in [-0.15, -0.1) is 11.8 Å². The van der Waals surface area contributed by atoms with Crippen molar-refractivity contribution >= 4 is 17.7 Å². The Balaban J connectivity index is 3.37. The van der Waals surface area contributed by atoms with E-state index in [1.807, 2.05) is 0 Å². The molecule has 0 rings (SSSR count). The van der Waals surface area contributed by atoms with E-state index in [0.29, 0.717) is 11.7 Å². The van der Waals surface area contributed by atoms with Crippen LogP contribution < -0.4 is 5.73 Å². The molecule has 0 aliphatic carbocycles. The van der Waals surface area contributed by atoms with Gasteiger partial charge in [0, 0.05) is 11.8 Å². The third-order valence-corrected chi connectivity index (χ3v) is 2.67. The quantitative estimate of drug-likeness (QED) is 0.655. The summed E-state index contributed by atoms with van der Waals surface area (Å²) in [5.74, 6) is 1.50. The average Bonchev–Trinajstić information content (AvgIpc) is 2.03. The van der Waals surface area contributed by atoms with E-state index in [1.54, 1.807) is 0 Å². The van der Waals surface area contributed by atoms with Gasteiger partial charge in [0.2, 0.25) is 0 Å². The van der Waals surface area contributed by atoms with Gasteiger partial charge in [0.25, 0.3) is 0 Å². The Morgan fingerprint density at radius 1 is 1.58 bits per heavy atom. The minimum atomic E-state index is -0.184. The summed E-state index contributed by atoms with van der Waals surface area (Å²) in [6, 6.07) is 0.166. The van der Waals surface area contributed by atoms with Crippen molar-refractivity contribution in [3.8, 4) is 0 Å². The molecule has 0 aromatic heterocycles.